The largest absolute Gasteiger partial charge is 0.487 e. The van der Waals surface area contributed by atoms with Crippen LogP contribution in [0.5, 0.6) is 5.75 Å². The third kappa shape index (κ3) is 3.51. The average Bonchev–Trinajstić information content (AvgIpc) is 2.25. The van der Waals surface area contributed by atoms with E-state index >= 15 is 0 Å². The molecule has 0 bridgehead atoms. The molecule has 0 aliphatic heterocycles. The highest BCUT2D eigenvalue weighted by atomic mass is 35.7. The summed E-state index contributed by atoms with van der Waals surface area (Å²) in [6, 6.07) is 0.479. The van der Waals surface area contributed by atoms with Crippen molar-refractivity contribution in [3.63, 3.8) is 0 Å². The number of alkyl halides is 3. The molecule has 0 aromatic heterocycles. The van der Waals surface area contributed by atoms with Crippen molar-refractivity contribution in [3.05, 3.63) is 27.8 Å². The van der Waals surface area contributed by atoms with Gasteiger partial charge in [-0.1, -0.05) is 0 Å². The monoisotopic (exact) mass is 333 g/mol. The van der Waals surface area contributed by atoms with E-state index in [1.807, 2.05) is 0 Å². The number of ether oxygens (including phenoxy) is 1. The Morgan fingerprint density at radius 1 is 1.40 bits per heavy atom. The van der Waals surface area contributed by atoms with Gasteiger partial charge in [0.2, 0.25) is 0 Å². The van der Waals surface area contributed by atoms with Crippen molar-refractivity contribution >= 4 is 25.4 Å². The van der Waals surface area contributed by atoms with E-state index in [4.69, 9.17) is 15.4 Å². The van der Waals surface area contributed by atoms with Crippen LogP contribution in [0.3, 0.4) is 0 Å². The van der Waals surface area contributed by atoms with Crippen molar-refractivity contribution in [2.45, 2.75) is 18.0 Å². The summed E-state index contributed by atoms with van der Waals surface area (Å²) in [4.78, 5) is 8.30. The molecule has 1 aromatic carbocycles. The lowest BCUT2D eigenvalue weighted by Gasteiger charge is -2.13. The molecular formula is C9H7ClF3NO5S. The van der Waals surface area contributed by atoms with Gasteiger partial charge in [0.25, 0.3) is 9.05 Å². The topological polar surface area (TPSA) is 86.5 Å². The highest BCUT2D eigenvalue weighted by Gasteiger charge is 2.39. The lowest BCUT2D eigenvalue weighted by atomic mass is 10.2. The zero-order valence-electron chi connectivity index (χ0n) is 9.77. The van der Waals surface area contributed by atoms with Crippen molar-refractivity contribution in [1.82, 2.24) is 0 Å². The van der Waals surface area contributed by atoms with Crippen LogP contribution in [-0.4, -0.2) is 19.9 Å². The predicted molar refractivity (Wildman–Crippen MR) is 62.3 cm³/mol. The molecule has 11 heteroatoms. The molecule has 0 unspecified atom stereocenters. The van der Waals surface area contributed by atoms with Crippen molar-refractivity contribution in [1.29, 1.82) is 0 Å². The van der Waals surface area contributed by atoms with Gasteiger partial charge < -0.3 is 4.74 Å². The Morgan fingerprint density at radius 3 is 2.30 bits per heavy atom. The Labute approximate surface area is 115 Å². The summed E-state index contributed by atoms with van der Waals surface area (Å²) >= 11 is 0. The molecule has 0 saturated carbocycles. The summed E-state index contributed by atoms with van der Waals surface area (Å²) in [7, 11) is 0.0725. The summed E-state index contributed by atoms with van der Waals surface area (Å²) < 4.78 is 65.4. The van der Waals surface area contributed by atoms with Gasteiger partial charge in [-0.2, -0.15) is 13.2 Å². The van der Waals surface area contributed by atoms with Crippen LogP contribution in [0.15, 0.2) is 17.0 Å². The molecule has 20 heavy (non-hydrogen) atoms. The minimum Gasteiger partial charge on any atom is -0.487 e. The summed E-state index contributed by atoms with van der Waals surface area (Å²) in [5.74, 6) is -0.686. The van der Waals surface area contributed by atoms with Crippen molar-refractivity contribution in [2.75, 3.05) is 6.61 Å². The Morgan fingerprint density at radius 2 is 1.95 bits per heavy atom. The minimum atomic E-state index is -5.06. The van der Waals surface area contributed by atoms with E-state index in [1.54, 1.807) is 0 Å². The molecule has 0 fully saturated rings. The molecule has 112 valence electrons. The van der Waals surface area contributed by atoms with Gasteiger partial charge in [-0.05, 0) is 6.92 Å². The second kappa shape index (κ2) is 5.44. The van der Waals surface area contributed by atoms with Crippen LogP contribution in [0.25, 0.3) is 0 Å². The first-order valence-corrected chi connectivity index (χ1v) is 7.26. The molecule has 0 radical (unpaired) electrons. The van der Waals surface area contributed by atoms with Gasteiger partial charge in [-0.15, -0.1) is 0 Å². The maximum absolute atomic E-state index is 12.8. The standard InChI is InChI=1S/C9H7ClF3NO5S/c1-2-19-7-3-5(9(11,12)13)8(20(10,17)18)4-6(7)14(15)16/h3-4H,2H2,1H3. The molecule has 0 heterocycles. The van der Waals surface area contributed by atoms with Gasteiger partial charge in [0, 0.05) is 22.8 Å². The Kier molecular flexibility index (Phi) is 4.49. The number of rotatable bonds is 4. The van der Waals surface area contributed by atoms with Crippen LogP contribution < -0.4 is 4.74 Å². The van der Waals surface area contributed by atoms with E-state index in [0.717, 1.165) is 0 Å². The number of nitrogens with zero attached hydrogens (tertiary/aromatic N) is 1. The van der Waals surface area contributed by atoms with Crippen LogP contribution in [-0.2, 0) is 15.2 Å². The van der Waals surface area contributed by atoms with Crippen molar-refractivity contribution in [2.24, 2.45) is 0 Å². The zero-order valence-corrected chi connectivity index (χ0v) is 11.3. The van der Waals surface area contributed by atoms with Crippen LogP contribution >= 0.6 is 10.7 Å². The Bertz CT molecular complexity index is 644. The maximum Gasteiger partial charge on any atom is 0.417 e. The summed E-state index contributed by atoms with van der Waals surface area (Å²) in [6.07, 6.45) is -5.06. The maximum atomic E-state index is 12.8. The van der Waals surface area contributed by atoms with Crippen LogP contribution in [0.1, 0.15) is 12.5 Å². The number of hydrogen-bond acceptors (Lipinski definition) is 5. The van der Waals surface area contributed by atoms with Gasteiger partial charge in [0.15, 0.2) is 5.75 Å². The van der Waals surface area contributed by atoms with E-state index in [1.165, 1.54) is 6.92 Å². The van der Waals surface area contributed by atoms with E-state index in [9.17, 15) is 31.7 Å². The second-order valence-corrected chi connectivity index (χ2v) is 5.98. The first-order valence-electron chi connectivity index (χ1n) is 4.95. The molecule has 0 spiro atoms. The highest BCUT2D eigenvalue weighted by Crippen LogP contribution is 2.41. The van der Waals surface area contributed by atoms with Crippen LogP contribution in [0.4, 0.5) is 18.9 Å². The van der Waals surface area contributed by atoms with E-state index < -0.39 is 42.0 Å². The lowest BCUT2D eigenvalue weighted by molar-refractivity contribution is -0.386. The molecule has 0 atom stereocenters. The smallest absolute Gasteiger partial charge is 0.417 e. The van der Waals surface area contributed by atoms with Gasteiger partial charge in [-0.25, -0.2) is 8.42 Å². The third-order valence-electron chi connectivity index (χ3n) is 2.13. The van der Waals surface area contributed by atoms with Crippen LogP contribution in [0, 0.1) is 10.1 Å². The highest BCUT2D eigenvalue weighted by molar-refractivity contribution is 8.13. The number of halogens is 4. The van der Waals surface area contributed by atoms with Crippen molar-refractivity contribution < 1.29 is 31.2 Å². The summed E-state index contributed by atoms with van der Waals surface area (Å²) in [5, 5.41) is 10.7. The van der Waals surface area contributed by atoms with Gasteiger partial charge in [-0.3, -0.25) is 10.1 Å². The lowest BCUT2D eigenvalue weighted by Crippen LogP contribution is -2.12. The second-order valence-electron chi connectivity index (χ2n) is 3.44. The average molecular weight is 334 g/mol. The molecule has 0 aliphatic carbocycles. The van der Waals surface area contributed by atoms with Gasteiger partial charge in [0.1, 0.15) is 4.90 Å². The Balaban J connectivity index is 3.75. The molecule has 1 aromatic rings. The molecular weight excluding hydrogens is 327 g/mol. The Hall–Kier alpha value is -1.55. The SMILES string of the molecule is CCOc1cc(C(F)(F)F)c(S(=O)(=O)Cl)cc1[N+](=O)[O-]. The number of benzene rings is 1. The fourth-order valence-corrected chi connectivity index (χ4v) is 2.46. The predicted octanol–water partition coefficient (Wildman–Crippen LogP) is 2.94. The van der Waals surface area contributed by atoms with Crippen molar-refractivity contribution in [3.8, 4) is 5.75 Å². The van der Waals surface area contributed by atoms with E-state index in [0.29, 0.717) is 0 Å². The van der Waals surface area contributed by atoms with Gasteiger partial charge >= 0.3 is 11.9 Å². The third-order valence-corrected chi connectivity index (χ3v) is 3.49. The fraction of sp³-hybridized carbons (Fsp3) is 0.333. The van der Waals surface area contributed by atoms with Gasteiger partial charge in [0.05, 0.1) is 17.1 Å². The normalized spacial score (nSPS) is 12.2. The number of nitro groups is 1. The van der Waals surface area contributed by atoms with E-state index in [-0.39, 0.29) is 18.7 Å². The molecule has 0 aliphatic rings. The first kappa shape index (κ1) is 16.5. The summed E-state index contributed by atoms with van der Waals surface area (Å²) in [6.45, 7) is 1.27. The molecule has 0 amide bonds. The minimum absolute atomic E-state index is 0.134. The molecule has 0 N–H and O–H groups in total. The molecule has 0 saturated heterocycles. The number of hydrogen-bond donors (Lipinski definition) is 0. The fourth-order valence-electron chi connectivity index (χ4n) is 1.39. The first-order chi connectivity index (χ1) is 8.98. The summed E-state index contributed by atoms with van der Waals surface area (Å²) in [5.41, 5.74) is -2.54. The number of nitro benzene ring substituents is 1. The quantitative estimate of drug-likeness (QED) is 0.480. The van der Waals surface area contributed by atoms with Crippen LogP contribution in [0.2, 0.25) is 0 Å². The molecule has 1 rings (SSSR count). The molecule has 6 nitrogen and oxygen atoms in total. The van der Waals surface area contributed by atoms with E-state index in [2.05, 4.69) is 0 Å². The zero-order chi connectivity index (χ0) is 15.7.